The van der Waals surface area contributed by atoms with Gasteiger partial charge in [-0.05, 0) is 23.3 Å². The Balaban J connectivity index is 2.80. The van der Waals surface area contributed by atoms with Gasteiger partial charge in [-0.15, -0.1) is 11.8 Å². The average molecular weight is 287 g/mol. The van der Waals surface area contributed by atoms with Gasteiger partial charge in [-0.2, -0.15) is 0 Å². The fraction of sp³-hybridized carbons (Fsp3) is 0.167. The number of benzene rings is 2. The van der Waals surface area contributed by atoms with Crippen LogP contribution in [0.2, 0.25) is 0 Å². The first-order valence-corrected chi connectivity index (χ1v) is 8.42. The van der Waals surface area contributed by atoms with Crippen molar-refractivity contribution in [2.75, 3.05) is 5.75 Å². The molecule has 0 unspecified atom stereocenters. The molecule has 2 rings (SSSR count). The summed E-state index contributed by atoms with van der Waals surface area (Å²) >= 11 is 1.69. The first-order chi connectivity index (χ1) is 8.04. The molecule has 0 aliphatic heterocycles. The van der Waals surface area contributed by atoms with Gasteiger partial charge >= 0.3 is 0 Å². The van der Waals surface area contributed by atoms with Gasteiger partial charge in [-0.3, -0.25) is 0 Å². The van der Waals surface area contributed by atoms with Gasteiger partial charge in [0.15, 0.2) is 0 Å². The van der Waals surface area contributed by atoms with E-state index in [4.69, 9.17) is 10.7 Å². The highest BCUT2D eigenvalue weighted by Gasteiger charge is 2.15. The maximum absolute atomic E-state index is 11.5. The molecule has 0 spiro atoms. The van der Waals surface area contributed by atoms with Crippen LogP contribution in [0.1, 0.15) is 6.92 Å². The number of hydrogen-bond acceptors (Lipinski definition) is 3. The lowest BCUT2D eigenvalue weighted by atomic mass is 10.1. The largest absolute Gasteiger partial charge is 0.261 e. The molecule has 2 aromatic rings. The molecule has 0 amide bonds. The highest BCUT2D eigenvalue weighted by molar-refractivity contribution is 8.14. The molecular weight excluding hydrogens is 276 g/mol. The Bertz CT molecular complexity index is 651. The number of rotatable bonds is 3. The van der Waals surface area contributed by atoms with E-state index in [1.54, 1.807) is 23.9 Å². The van der Waals surface area contributed by atoms with Crippen LogP contribution in [0.25, 0.3) is 10.8 Å². The molecule has 0 aliphatic carbocycles. The van der Waals surface area contributed by atoms with Crippen molar-refractivity contribution >= 4 is 42.3 Å². The minimum absolute atomic E-state index is 0.176. The van der Waals surface area contributed by atoms with E-state index in [1.807, 2.05) is 24.3 Å². The van der Waals surface area contributed by atoms with Crippen LogP contribution in [0.3, 0.4) is 0 Å². The molecule has 0 aliphatic rings. The maximum Gasteiger partial charge on any atom is 0.261 e. The van der Waals surface area contributed by atoms with Crippen molar-refractivity contribution in [1.82, 2.24) is 0 Å². The summed E-state index contributed by atoms with van der Waals surface area (Å²) in [5.74, 6) is 0.941. The molecular formula is C12H11ClO2S2. The third-order valence-corrected chi connectivity index (χ3v) is 4.74. The summed E-state index contributed by atoms with van der Waals surface area (Å²) in [5.41, 5.74) is 0. The zero-order valence-corrected chi connectivity index (χ0v) is 11.6. The molecule has 0 heterocycles. The monoisotopic (exact) mass is 286 g/mol. The molecule has 0 N–H and O–H groups in total. The molecule has 2 nitrogen and oxygen atoms in total. The smallest absolute Gasteiger partial charge is 0.207 e. The summed E-state index contributed by atoms with van der Waals surface area (Å²) < 4.78 is 22.9. The van der Waals surface area contributed by atoms with E-state index in [0.717, 1.165) is 16.0 Å². The van der Waals surface area contributed by atoms with E-state index >= 15 is 0 Å². The topological polar surface area (TPSA) is 34.1 Å². The van der Waals surface area contributed by atoms with Crippen LogP contribution in [0.4, 0.5) is 0 Å². The van der Waals surface area contributed by atoms with Crippen LogP contribution >= 0.6 is 22.4 Å². The Morgan fingerprint density at radius 3 is 2.35 bits per heavy atom. The molecule has 0 aromatic heterocycles. The molecule has 0 saturated heterocycles. The lowest BCUT2D eigenvalue weighted by Gasteiger charge is -2.08. The standard InChI is InChI=1S/C12H11ClO2S2/c1-2-16-11-7-8-12(17(13,14)15)10-6-4-3-5-9(10)11/h3-8H,2H2,1H3. The molecule has 0 saturated carbocycles. The fourth-order valence-electron chi connectivity index (χ4n) is 1.74. The van der Waals surface area contributed by atoms with Gasteiger partial charge in [0.25, 0.3) is 9.05 Å². The van der Waals surface area contributed by atoms with Crippen molar-refractivity contribution in [1.29, 1.82) is 0 Å². The zero-order valence-electron chi connectivity index (χ0n) is 9.18. The molecule has 90 valence electrons. The summed E-state index contributed by atoms with van der Waals surface area (Å²) in [6.45, 7) is 2.06. The average Bonchev–Trinajstić information content (AvgIpc) is 2.28. The fourth-order valence-corrected chi connectivity index (χ4v) is 3.62. The summed E-state index contributed by atoms with van der Waals surface area (Å²) in [6, 6.07) is 10.8. The van der Waals surface area contributed by atoms with Gasteiger partial charge in [-0.1, -0.05) is 31.2 Å². The van der Waals surface area contributed by atoms with Crippen LogP contribution in [-0.4, -0.2) is 14.2 Å². The molecule has 5 heteroatoms. The van der Waals surface area contributed by atoms with Crippen molar-refractivity contribution < 1.29 is 8.42 Å². The van der Waals surface area contributed by atoms with Gasteiger partial charge in [0.2, 0.25) is 0 Å². The first kappa shape index (κ1) is 12.7. The molecule has 0 atom stereocenters. The highest BCUT2D eigenvalue weighted by Crippen LogP contribution is 2.33. The first-order valence-electron chi connectivity index (χ1n) is 5.13. The summed E-state index contributed by atoms with van der Waals surface area (Å²) in [7, 11) is 1.73. The molecule has 2 aromatic carbocycles. The van der Waals surface area contributed by atoms with E-state index in [1.165, 1.54) is 0 Å². The van der Waals surface area contributed by atoms with Crippen molar-refractivity contribution in [3.05, 3.63) is 36.4 Å². The Kier molecular flexibility index (Phi) is 3.66. The minimum atomic E-state index is -3.70. The zero-order chi connectivity index (χ0) is 12.5. The van der Waals surface area contributed by atoms with Crippen LogP contribution in [0, 0.1) is 0 Å². The predicted octanol–water partition coefficient (Wildman–Crippen LogP) is 3.88. The SMILES string of the molecule is CCSc1ccc(S(=O)(=O)Cl)c2ccccc12. The molecule has 0 radical (unpaired) electrons. The van der Waals surface area contributed by atoms with Crippen molar-refractivity contribution in [3.8, 4) is 0 Å². The van der Waals surface area contributed by atoms with E-state index in [2.05, 4.69) is 6.92 Å². The van der Waals surface area contributed by atoms with E-state index in [9.17, 15) is 8.42 Å². The second-order valence-electron chi connectivity index (χ2n) is 3.48. The van der Waals surface area contributed by atoms with Crippen LogP contribution < -0.4 is 0 Å². The number of halogens is 1. The predicted molar refractivity (Wildman–Crippen MR) is 73.4 cm³/mol. The minimum Gasteiger partial charge on any atom is -0.207 e. The Morgan fingerprint density at radius 2 is 1.76 bits per heavy atom. The lowest BCUT2D eigenvalue weighted by molar-refractivity contribution is 0.610. The van der Waals surface area contributed by atoms with E-state index in [0.29, 0.717) is 5.39 Å². The second-order valence-corrected chi connectivity index (χ2v) is 7.32. The molecule has 17 heavy (non-hydrogen) atoms. The van der Waals surface area contributed by atoms with Crippen LogP contribution in [-0.2, 0) is 9.05 Å². The summed E-state index contributed by atoms with van der Waals surface area (Å²) in [5, 5.41) is 1.61. The van der Waals surface area contributed by atoms with Gasteiger partial charge in [0.05, 0.1) is 4.90 Å². The maximum atomic E-state index is 11.5. The Labute approximate surface area is 109 Å². The third kappa shape index (κ3) is 2.59. The van der Waals surface area contributed by atoms with Crippen molar-refractivity contribution in [2.24, 2.45) is 0 Å². The third-order valence-electron chi connectivity index (χ3n) is 2.41. The van der Waals surface area contributed by atoms with E-state index in [-0.39, 0.29) is 4.90 Å². The van der Waals surface area contributed by atoms with Gasteiger partial charge in [-0.25, -0.2) is 8.42 Å². The lowest BCUT2D eigenvalue weighted by Crippen LogP contribution is -1.93. The number of thioether (sulfide) groups is 1. The molecule has 0 fully saturated rings. The highest BCUT2D eigenvalue weighted by atomic mass is 35.7. The second kappa shape index (κ2) is 4.88. The quantitative estimate of drug-likeness (QED) is 0.634. The Morgan fingerprint density at radius 1 is 1.12 bits per heavy atom. The van der Waals surface area contributed by atoms with Crippen molar-refractivity contribution in [3.63, 3.8) is 0 Å². The van der Waals surface area contributed by atoms with Gasteiger partial charge in [0, 0.05) is 21.0 Å². The van der Waals surface area contributed by atoms with Crippen LogP contribution in [0.5, 0.6) is 0 Å². The van der Waals surface area contributed by atoms with Gasteiger partial charge < -0.3 is 0 Å². The number of fused-ring (bicyclic) bond motifs is 1. The Hall–Kier alpha value is -0.710. The van der Waals surface area contributed by atoms with Gasteiger partial charge in [0.1, 0.15) is 0 Å². The normalized spacial score (nSPS) is 11.9. The summed E-state index contributed by atoms with van der Waals surface area (Å²) in [6.07, 6.45) is 0. The van der Waals surface area contributed by atoms with Crippen LogP contribution in [0.15, 0.2) is 46.2 Å². The summed E-state index contributed by atoms with van der Waals surface area (Å²) in [4.78, 5) is 1.25. The van der Waals surface area contributed by atoms with E-state index < -0.39 is 9.05 Å². The number of hydrogen-bond donors (Lipinski definition) is 0. The molecule has 0 bridgehead atoms. The van der Waals surface area contributed by atoms with Crippen molar-refractivity contribution in [2.45, 2.75) is 16.7 Å².